The smallest absolute Gasteiger partial charge is 0.258 e. The van der Waals surface area contributed by atoms with Gasteiger partial charge in [-0.15, -0.1) is 0 Å². The first-order valence-corrected chi connectivity index (χ1v) is 5.85. The molecule has 0 spiro atoms. The molecule has 0 bridgehead atoms. The van der Waals surface area contributed by atoms with Gasteiger partial charge in [0, 0.05) is 29.0 Å². The lowest BCUT2D eigenvalue weighted by Gasteiger charge is -2.17. The Balaban J connectivity index is 2.23. The van der Waals surface area contributed by atoms with Crippen LogP contribution in [0, 0.1) is 0 Å². The van der Waals surface area contributed by atoms with Crippen LogP contribution in [0.25, 0.3) is 0 Å². The average molecular weight is 261 g/mol. The molecule has 2 aromatic carbocycles. The van der Waals surface area contributed by atoms with Crippen molar-refractivity contribution < 1.29 is 4.79 Å². The number of rotatable bonds is 2. The predicted octanol–water partition coefficient (Wildman–Crippen LogP) is 3.20. The number of hydrogen-bond donors (Lipinski definition) is 1. The molecule has 0 saturated heterocycles. The van der Waals surface area contributed by atoms with Crippen molar-refractivity contribution in [2.45, 2.75) is 0 Å². The molecule has 2 rings (SSSR count). The first-order valence-electron chi connectivity index (χ1n) is 5.47. The van der Waals surface area contributed by atoms with Gasteiger partial charge in [-0.1, -0.05) is 11.6 Å². The van der Waals surface area contributed by atoms with Gasteiger partial charge in [-0.25, -0.2) is 0 Å². The molecule has 0 unspecified atom stereocenters. The quantitative estimate of drug-likeness (QED) is 0.843. The van der Waals surface area contributed by atoms with E-state index in [1.807, 2.05) is 12.1 Å². The number of nitrogen functional groups attached to an aromatic ring is 1. The van der Waals surface area contributed by atoms with Crippen molar-refractivity contribution in [3.63, 3.8) is 0 Å². The second-order valence-electron chi connectivity index (χ2n) is 3.96. The highest BCUT2D eigenvalue weighted by molar-refractivity contribution is 6.30. The average Bonchev–Trinajstić information content (AvgIpc) is 2.39. The van der Waals surface area contributed by atoms with Crippen LogP contribution in [0.5, 0.6) is 0 Å². The molecule has 0 aromatic heterocycles. The zero-order chi connectivity index (χ0) is 13.1. The molecule has 0 aliphatic heterocycles. The van der Waals surface area contributed by atoms with Crippen LogP contribution >= 0.6 is 11.6 Å². The van der Waals surface area contributed by atoms with E-state index in [4.69, 9.17) is 17.3 Å². The largest absolute Gasteiger partial charge is 0.399 e. The molecule has 0 radical (unpaired) electrons. The van der Waals surface area contributed by atoms with E-state index < -0.39 is 0 Å². The van der Waals surface area contributed by atoms with E-state index in [-0.39, 0.29) is 5.91 Å². The second kappa shape index (κ2) is 5.10. The van der Waals surface area contributed by atoms with Gasteiger partial charge in [-0.05, 0) is 48.5 Å². The molecule has 1 amide bonds. The molecule has 0 aliphatic rings. The molecule has 4 heteroatoms. The first kappa shape index (κ1) is 12.5. The monoisotopic (exact) mass is 260 g/mol. The maximum absolute atomic E-state index is 12.2. The van der Waals surface area contributed by atoms with Gasteiger partial charge in [-0.2, -0.15) is 0 Å². The summed E-state index contributed by atoms with van der Waals surface area (Å²) in [7, 11) is 1.72. The molecule has 0 saturated carbocycles. The first-order chi connectivity index (χ1) is 8.58. The van der Waals surface area contributed by atoms with Crippen LogP contribution < -0.4 is 10.6 Å². The van der Waals surface area contributed by atoms with Gasteiger partial charge in [0.1, 0.15) is 0 Å². The van der Waals surface area contributed by atoms with Crippen LogP contribution in [0.3, 0.4) is 0 Å². The number of nitrogens with two attached hydrogens (primary N) is 1. The number of anilines is 2. The minimum Gasteiger partial charge on any atom is -0.399 e. The van der Waals surface area contributed by atoms with Crippen molar-refractivity contribution in [3.05, 3.63) is 59.1 Å². The van der Waals surface area contributed by atoms with Gasteiger partial charge in [0.2, 0.25) is 0 Å². The topological polar surface area (TPSA) is 46.3 Å². The molecular weight excluding hydrogens is 248 g/mol. The lowest BCUT2D eigenvalue weighted by atomic mass is 10.2. The third-order valence-corrected chi connectivity index (χ3v) is 2.93. The summed E-state index contributed by atoms with van der Waals surface area (Å²) in [5.74, 6) is -0.0866. The van der Waals surface area contributed by atoms with E-state index in [1.165, 1.54) is 0 Å². The third kappa shape index (κ3) is 2.63. The third-order valence-electron chi connectivity index (χ3n) is 2.68. The van der Waals surface area contributed by atoms with Gasteiger partial charge in [-0.3, -0.25) is 4.79 Å². The molecule has 2 aromatic rings. The Bertz CT molecular complexity index is 549. The van der Waals surface area contributed by atoms with E-state index in [1.54, 1.807) is 48.3 Å². The highest BCUT2D eigenvalue weighted by atomic mass is 35.5. The fourth-order valence-corrected chi connectivity index (χ4v) is 1.73. The minimum atomic E-state index is -0.0866. The fraction of sp³-hybridized carbons (Fsp3) is 0.0714. The summed E-state index contributed by atoms with van der Waals surface area (Å²) in [5, 5.41) is 0.613. The molecule has 0 heterocycles. The van der Waals surface area contributed by atoms with Gasteiger partial charge < -0.3 is 10.6 Å². The van der Waals surface area contributed by atoms with Crippen LogP contribution in [0.15, 0.2) is 48.5 Å². The molecule has 0 atom stereocenters. The van der Waals surface area contributed by atoms with Gasteiger partial charge in [0.05, 0.1) is 0 Å². The highest BCUT2D eigenvalue weighted by Crippen LogP contribution is 2.18. The Labute approximate surface area is 111 Å². The Kier molecular flexibility index (Phi) is 3.53. The molecule has 0 aliphatic carbocycles. The van der Waals surface area contributed by atoms with Crippen molar-refractivity contribution in [1.29, 1.82) is 0 Å². The number of amides is 1. The van der Waals surface area contributed by atoms with E-state index in [0.29, 0.717) is 16.3 Å². The number of nitrogens with zero attached hydrogens (tertiary/aromatic N) is 1. The minimum absolute atomic E-state index is 0.0866. The maximum Gasteiger partial charge on any atom is 0.258 e. The van der Waals surface area contributed by atoms with Crippen molar-refractivity contribution in [2.24, 2.45) is 0 Å². The van der Waals surface area contributed by atoms with Crippen LogP contribution in [0.4, 0.5) is 11.4 Å². The molecular formula is C14H13ClN2O. The van der Waals surface area contributed by atoms with E-state index in [9.17, 15) is 4.79 Å². The van der Waals surface area contributed by atoms with Crippen molar-refractivity contribution in [1.82, 2.24) is 0 Å². The summed E-state index contributed by atoms with van der Waals surface area (Å²) in [6.07, 6.45) is 0. The Morgan fingerprint density at radius 2 is 1.61 bits per heavy atom. The number of carbonyl (C=O) groups excluding carboxylic acids is 1. The Hall–Kier alpha value is -2.00. The number of halogens is 1. The summed E-state index contributed by atoms with van der Waals surface area (Å²) < 4.78 is 0. The zero-order valence-electron chi connectivity index (χ0n) is 9.93. The summed E-state index contributed by atoms with van der Waals surface area (Å²) in [6, 6.07) is 14.0. The van der Waals surface area contributed by atoms with Crippen LogP contribution in [0.2, 0.25) is 5.02 Å². The summed E-state index contributed by atoms with van der Waals surface area (Å²) in [6.45, 7) is 0. The number of carbonyl (C=O) groups is 1. The van der Waals surface area contributed by atoms with Crippen molar-refractivity contribution in [3.8, 4) is 0 Å². The van der Waals surface area contributed by atoms with Crippen molar-refractivity contribution >= 4 is 28.9 Å². The van der Waals surface area contributed by atoms with Gasteiger partial charge in [0.25, 0.3) is 5.91 Å². The molecule has 3 nitrogen and oxygen atoms in total. The normalized spacial score (nSPS) is 10.1. The Morgan fingerprint density at radius 1 is 1.06 bits per heavy atom. The lowest BCUT2D eigenvalue weighted by molar-refractivity contribution is 0.0993. The summed E-state index contributed by atoms with van der Waals surface area (Å²) in [4.78, 5) is 13.8. The maximum atomic E-state index is 12.2. The molecule has 0 fully saturated rings. The fourth-order valence-electron chi connectivity index (χ4n) is 1.60. The van der Waals surface area contributed by atoms with Crippen LogP contribution in [0.1, 0.15) is 10.4 Å². The van der Waals surface area contributed by atoms with Gasteiger partial charge in [0.15, 0.2) is 0 Å². The van der Waals surface area contributed by atoms with E-state index in [0.717, 1.165) is 5.69 Å². The number of benzene rings is 2. The van der Waals surface area contributed by atoms with Gasteiger partial charge >= 0.3 is 0 Å². The molecule has 2 N–H and O–H groups in total. The Morgan fingerprint density at radius 3 is 2.17 bits per heavy atom. The van der Waals surface area contributed by atoms with Crippen molar-refractivity contribution in [2.75, 3.05) is 17.7 Å². The highest BCUT2D eigenvalue weighted by Gasteiger charge is 2.12. The lowest BCUT2D eigenvalue weighted by Crippen LogP contribution is -2.26. The van der Waals surface area contributed by atoms with Crippen LogP contribution in [-0.2, 0) is 0 Å². The van der Waals surface area contributed by atoms with E-state index >= 15 is 0 Å². The standard InChI is InChI=1S/C14H13ClN2O/c1-17(13-8-6-12(16)7-9-13)14(18)10-2-4-11(15)5-3-10/h2-9H,16H2,1H3. The second-order valence-corrected chi connectivity index (χ2v) is 4.40. The zero-order valence-corrected chi connectivity index (χ0v) is 10.7. The number of hydrogen-bond acceptors (Lipinski definition) is 2. The molecule has 18 heavy (non-hydrogen) atoms. The SMILES string of the molecule is CN(C(=O)c1ccc(Cl)cc1)c1ccc(N)cc1. The van der Waals surface area contributed by atoms with Crippen LogP contribution in [-0.4, -0.2) is 13.0 Å². The molecule has 92 valence electrons. The summed E-state index contributed by atoms with van der Waals surface area (Å²) in [5.41, 5.74) is 7.68. The predicted molar refractivity (Wildman–Crippen MR) is 75.0 cm³/mol. The van der Waals surface area contributed by atoms with E-state index in [2.05, 4.69) is 0 Å². The summed E-state index contributed by atoms with van der Waals surface area (Å²) >= 11 is 5.79.